The van der Waals surface area contributed by atoms with Gasteiger partial charge in [0, 0.05) is 11.6 Å². The van der Waals surface area contributed by atoms with Crippen molar-refractivity contribution < 1.29 is 14.7 Å². The van der Waals surface area contributed by atoms with Gasteiger partial charge in [0.25, 0.3) is 0 Å². The standard InChI is InChI=1S/C24H42N2O3/c1-22(2,3)26(21(28)29)18(14-16-10-8-7-9-11-16)20(27)25-19-15-17-12-13-24(19,6)23(17,4)5/h16-19H,7-15H2,1-6H3,(H,25,27)(H,28,29)/t17-,18+,19+,24+/m1/s1. The molecule has 0 aliphatic heterocycles. The highest BCUT2D eigenvalue weighted by molar-refractivity contribution is 5.86. The first-order chi connectivity index (χ1) is 13.4. The first-order valence-electron chi connectivity index (χ1n) is 11.7. The lowest BCUT2D eigenvalue weighted by Gasteiger charge is -2.43. The van der Waals surface area contributed by atoms with E-state index >= 15 is 0 Å². The molecule has 2 amide bonds. The van der Waals surface area contributed by atoms with Gasteiger partial charge >= 0.3 is 6.09 Å². The van der Waals surface area contributed by atoms with Gasteiger partial charge in [0.05, 0.1) is 0 Å². The molecule has 0 saturated heterocycles. The molecule has 29 heavy (non-hydrogen) atoms. The van der Waals surface area contributed by atoms with Crippen LogP contribution in [0.3, 0.4) is 0 Å². The Hall–Kier alpha value is -1.26. The van der Waals surface area contributed by atoms with E-state index in [2.05, 4.69) is 26.1 Å². The third-order valence-corrected chi connectivity index (χ3v) is 8.93. The van der Waals surface area contributed by atoms with Crippen molar-refractivity contribution in [1.82, 2.24) is 10.2 Å². The van der Waals surface area contributed by atoms with Gasteiger partial charge in [-0.05, 0) is 69.1 Å². The fourth-order valence-electron chi connectivity index (χ4n) is 6.65. The molecule has 3 fully saturated rings. The number of carbonyl (C=O) groups excluding carboxylic acids is 1. The number of nitrogens with zero attached hydrogens (tertiary/aromatic N) is 1. The highest BCUT2D eigenvalue weighted by atomic mass is 16.4. The summed E-state index contributed by atoms with van der Waals surface area (Å²) in [6, 6.07) is -0.463. The molecule has 0 unspecified atom stereocenters. The monoisotopic (exact) mass is 406 g/mol. The molecule has 0 aromatic heterocycles. The molecule has 0 heterocycles. The van der Waals surface area contributed by atoms with E-state index in [-0.39, 0.29) is 22.8 Å². The quantitative estimate of drug-likeness (QED) is 0.639. The predicted molar refractivity (Wildman–Crippen MR) is 116 cm³/mol. The first kappa shape index (κ1) is 22.4. The van der Waals surface area contributed by atoms with Crippen molar-refractivity contribution in [3.05, 3.63) is 0 Å². The Balaban J connectivity index is 1.81. The van der Waals surface area contributed by atoms with E-state index in [1.54, 1.807) is 0 Å². The Morgan fingerprint density at radius 3 is 2.17 bits per heavy atom. The number of carbonyl (C=O) groups is 2. The second kappa shape index (κ2) is 7.77. The van der Waals surface area contributed by atoms with Crippen molar-refractivity contribution in [2.75, 3.05) is 0 Å². The fraction of sp³-hybridized carbons (Fsp3) is 0.917. The largest absolute Gasteiger partial charge is 0.465 e. The van der Waals surface area contributed by atoms with E-state index in [1.807, 2.05) is 20.8 Å². The van der Waals surface area contributed by atoms with Gasteiger partial charge in [0.15, 0.2) is 0 Å². The maximum Gasteiger partial charge on any atom is 0.408 e. The summed E-state index contributed by atoms with van der Waals surface area (Å²) in [5.41, 5.74) is -0.292. The van der Waals surface area contributed by atoms with E-state index in [9.17, 15) is 14.7 Å². The molecule has 3 aliphatic carbocycles. The summed E-state index contributed by atoms with van der Waals surface area (Å²) >= 11 is 0. The number of hydrogen-bond acceptors (Lipinski definition) is 2. The summed E-state index contributed by atoms with van der Waals surface area (Å²) in [5.74, 6) is 1.01. The number of amides is 2. The Kier molecular flexibility index (Phi) is 6.01. The lowest BCUT2D eigenvalue weighted by Crippen LogP contribution is -2.59. The van der Waals surface area contributed by atoms with Crippen molar-refractivity contribution in [3.63, 3.8) is 0 Å². The van der Waals surface area contributed by atoms with Gasteiger partial charge in [-0.2, -0.15) is 0 Å². The van der Waals surface area contributed by atoms with Crippen LogP contribution < -0.4 is 5.32 Å². The third kappa shape index (κ3) is 4.03. The highest BCUT2D eigenvalue weighted by Gasteiger charge is 2.61. The second-order valence-electron chi connectivity index (χ2n) is 11.8. The van der Waals surface area contributed by atoms with E-state index < -0.39 is 17.7 Å². The fourth-order valence-corrected chi connectivity index (χ4v) is 6.65. The lowest BCUT2D eigenvalue weighted by molar-refractivity contribution is -0.130. The van der Waals surface area contributed by atoms with Crippen molar-refractivity contribution in [3.8, 4) is 0 Å². The molecule has 0 aromatic rings. The SMILES string of the molecule is CC(C)(C)N(C(=O)O)[C@@H](CC1CCCCC1)C(=O)N[C@H]1C[C@H]2CC[C@]1(C)C2(C)C. The molecule has 2 bridgehead atoms. The van der Waals surface area contributed by atoms with E-state index in [4.69, 9.17) is 0 Å². The number of carboxylic acid groups (broad SMARTS) is 1. The van der Waals surface area contributed by atoms with E-state index in [0.717, 1.165) is 25.7 Å². The zero-order valence-electron chi connectivity index (χ0n) is 19.4. The van der Waals surface area contributed by atoms with Crippen LogP contribution in [-0.2, 0) is 4.79 Å². The van der Waals surface area contributed by atoms with Crippen molar-refractivity contribution >= 4 is 12.0 Å². The smallest absolute Gasteiger partial charge is 0.408 e. The van der Waals surface area contributed by atoms with Gasteiger partial charge in [0.2, 0.25) is 5.91 Å². The Labute approximate surface area is 177 Å². The van der Waals surface area contributed by atoms with E-state index in [1.165, 1.54) is 30.6 Å². The van der Waals surface area contributed by atoms with E-state index in [0.29, 0.717) is 18.3 Å². The number of fused-ring (bicyclic) bond motifs is 2. The van der Waals surface area contributed by atoms with Gasteiger partial charge in [-0.15, -0.1) is 0 Å². The highest BCUT2D eigenvalue weighted by Crippen LogP contribution is 2.65. The molecule has 5 nitrogen and oxygen atoms in total. The normalized spacial score (nSPS) is 32.8. The van der Waals surface area contributed by atoms with Crippen molar-refractivity contribution in [2.45, 2.75) is 117 Å². The molecular weight excluding hydrogens is 364 g/mol. The van der Waals surface area contributed by atoms with Crippen molar-refractivity contribution in [2.24, 2.45) is 22.7 Å². The maximum absolute atomic E-state index is 13.6. The first-order valence-corrected chi connectivity index (χ1v) is 11.7. The van der Waals surface area contributed by atoms with Crippen LogP contribution in [-0.4, -0.2) is 39.6 Å². The van der Waals surface area contributed by atoms with Gasteiger partial charge in [0.1, 0.15) is 6.04 Å². The van der Waals surface area contributed by atoms with Gasteiger partial charge < -0.3 is 10.4 Å². The zero-order chi connectivity index (χ0) is 21.6. The minimum absolute atomic E-state index is 0.0810. The molecule has 0 spiro atoms. The molecule has 5 heteroatoms. The van der Waals surface area contributed by atoms with Crippen LogP contribution in [0.1, 0.15) is 99.3 Å². The van der Waals surface area contributed by atoms with Crippen LogP contribution >= 0.6 is 0 Å². The minimum atomic E-state index is -0.993. The van der Waals surface area contributed by atoms with Crippen LogP contribution in [0.5, 0.6) is 0 Å². The van der Waals surface area contributed by atoms with Crippen LogP contribution in [0.4, 0.5) is 4.79 Å². The molecule has 0 aromatic carbocycles. The molecule has 2 N–H and O–H groups in total. The van der Waals surface area contributed by atoms with Gasteiger partial charge in [-0.1, -0.05) is 52.9 Å². The third-order valence-electron chi connectivity index (χ3n) is 8.93. The lowest BCUT2D eigenvalue weighted by atomic mass is 9.69. The maximum atomic E-state index is 13.6. The molecule has 0 radical (unpaired) electrons. The molecule has 3 aliphatic rings. The zero-order valence-corrected chi connectivity index (χ0v) is 19.4. The van der Waals surface area contributed by atoms with Gasteiger partial charge in [-0.3, -0.25) is 9.69 Å². The number of rotatable bonds is 5. The predicted octanol–water partition coefficient (Wildman–Crippen LogP) is 5.43. The Bertz CT molecular complexity index is 633. The summed E-state index contributed by atoms with van der Waals surface area (Å²) in [6.07, 6.45) is 8.92. The summed E-state index contributed by atoms with van der Waals surface area (Å²) in [7, 11) is 0. The summed E-state index contributed by atoms with van der Waals surface area (Å²) in [5, 5.41) is 13.4. The minimum Gasteiger partial charge on any atom is -0.465 e. The second-order valence-corrected chi connectivity index (χ2v) is 11.8. The van der Waals surface area contributed by atoms with Crippen molar-refractivity contribution in [1.29, 1.82) is 0 Å². The Morgan fingerprint density at radius 2 is 1.72 bits per heavy atom. The summed E-state index contributed by atoms with van der Waals surface area (Å²) in [6.45, 7) is 12.7. The summed E-state index contributed by atoms with van der Waals surface area (Å²) in [4.78, 5) is 27.2. The topological polar surface area (TPSA) is 69.6 Å². The number of hydrogen-bond donors (Lipinski definition) is 2. The average Bonchev–Trinajstić information content (AvgIpc) is 2.94. The van der Waals surface area contributed by atoms with Crippen LogP contribution in [0.25, 0.3) is 0 Å². The van der Waals surface area contributed by atoms with Crippen LogP contribution in [0.15, 0.2) is 0 Å². The molecule has 4 atom stereocenters. The molecule has 166 valence electrons. The van der Waals surface area contributed by atoms with Crippen LogP contribution in [0, 0.1) is 22.7 Å². The Morgan fingerprint density at radius 1 is 1.10 bits per heavy atom. The van der Waals surface area contributed by atoms with Gasteiger partial charge in [-0.25, -0.2) is 4.79 Å². The van der Waals surface area contributed by atoms with Crippen LogP contribution in [0.2, 0.25) is 0 Å². The molecule has 3 rings (SSSR count). The molecular formula is C24H42N2O3. The summed E-state index contributed by atoms with van der Waals surface area (Å²) < 4.78 is 0. The molecule has 3 saturated carbocycles. The number of nitrogens with one attached hydrogen (secondary N) is 1. The average molecular weight is 407 g/mol.